The summed E-state index contributed by atoms with van der Waals surface area (Å²) in [6.07, 6.45) is 0. The second-order valence-corrected chi connectivity index (χ2v) is 5.86. The number of nitrogens with zero attached hydrogens (tertiary/aromatic N) is 3. The average molecular weight is 365 g/mol. The van der Waals surface area contributed by atoms with E-state index in [2.05, 4.69) is 11.1 Å². The number of benzene rings is 2. The van der Waals surface area contributed by atoms with E-state index in [4.69, 9.17) is 14.2 Å². The van der Waals surface area contributed by atoms with E-state index in [0.29, 0.717) is 23.1 Å². The summed E-state index contributed by atoms with van der Waals surface area (Å²) in [4.78, 5) is 17.6. The third-order valence-electron chi connectivity index (χ3n) is 4.42. The molecule has 0 amide bonds. The lowest BCUT2D eigenvalue weighted by molar-refractivity contribution is 0.0974. The Hall–Kier alpha value is -3.53. The van der Waals surface area contributed by atoms with Gasteiger partial charge in [0.25, 0.3) is 0 Å². The summed E-state index contributed by atoms with van der Waals surface area (Å²) < 4.78 is 17.6. The largest absolute Gasteiger partial charge is 0.493 e. The highest BCUT2D eigenvalue weighted by atomic mass is 16.5. The van der Waals surface area contributed by atoms with Crippen molar-refractivity contribution in [2.75, 3.05) is 21.3 Å². The van der Waals surface area contributed by atoms with E-state index in [0.717, 1.165) is 11.0 Å². The van der Waals surface area contributed by atoms with Crippen molar-refractivity contribution < 1.29 is 19.0 Å². The van der Waals surface area contributed by atoms with Crippen LogP contribution in [0.4, 0.5) is 0 Å². The standard InChI is InChI=1S/C20H19N3O4/c1-23-15-8-6-5-7-14(15)22-20(23)13(11-21)18(24)12-9-16(25-2)19(27-4)17(10-12)26-3/h5-10,13H,1-4H3/t13-/m0/s1. The van der Waals surface area contributed by atoms with Crippen LogP contribution in [0.5, 0.6) is 17.2 Å². The molecule has 138 valence electrons. The Morgan fingerprint density at radius 1 is 1.11 bits per heavy atom. The number of carbonyl (C=O) groups is 1. The Labute approximate surface area is 156 Å². The number of aromatic nitrogens is 2. The van der Waals surface area contributed by atoms with Gasteiger partial charge in [-0.1, -0.05) is 12.1 Å². The highest BCUT2D eigenvalue weighted by Crippen LogP contribution is 2.39. The number of methoxy groups -OCH3 is 3. The molecule has 0 unspecified atom stereocenters. The maximum Gasteiger partial charge on any atom is 0.203 e. The van der Waals surface area contributed by atoms with Crippen molar-refractivity contribution in [1.82, 2.24) is 9.55 Å². The number of hydrogen-bond donors (Lipinski definition) is 0. The zero-order valence-corrected chi connectivity index (χ0v) is 15.5. The minimum Gasteiger partial charge on any atom is -0.493 e. The van der Waals surface area contributed by atoms with E-state index in [1.54, 1.807) is 11.6 Å². The Bertz CT molecular complexity index is 1020. The number of para-hydroxylation sites is 2. The highest BCUT2D eigenvalue weighted by Gasteiger charge is 2.28. The van der Waals surface area contributed by atoms with Gasteiger partial charge in [-0.15, -0.1) is 0 Å². The van der Waals surface area contributed by atoms with Crippen LogP contribution in [0.3, 0.4) is 0 Å². The first-order chi connectivity index (χ1) is 13.0. The van der Waals surface area contributed by atoms with Crippen molar-refractivity contribution in [3.8, 4) is 23.3 Å². The minimum absolute atomic E-state index is 0.281. The van der Waals surface area contributed by atoms with E-state index >= 15 is 0 Å². The quantitative estimate of drug-likeness (QED) is 0.624. The van der Waals surface area contributed by atoms with Crippen molar-refractivity contribution in [3.63, 3.8) is 0 Å². The van der Waals surface area contributed by atoms with E-state index < -0.39 is 11.7 Å². The molecule has 0 spiro atoms. The molecule has 0 radical (unpaired) electrons. The Morgan fingerprint density at radius 3 is 2.26 bits per heavy atom. The molecule has 0 saturated carbocycles. The summed E-state index contributed by atoms with van der Waals surface area (Å²) in [7, 11) is 6.22. The first kappa shape index (κ1) is 18.3. The Balaban J connectivity index is 2.10. The summed E-state index contributed by atoms with van der Waals surface area (Å²) in [5.74, 6) is 0.00869. The maximum absolute atomic E-state index is 13.1. The number of ether oxygens (including phenoxy) is 3. The first-order valence-corrected chi connectivity index (χ1v) is 8.20. The third-order valence-corrected chi connectivity index (χ3v) is 4.42. The molecule has 1 atom stereocenters. The number of fused-ring (bicyclic) bond motifs is 1. The summed E-state index contributed by atoms with van der Waals surface area (Å²) in [5.41, 5.74) is 1.86. The van der Waals surface area contributed by atoms with Gasteiger partial charge in [0.2, 0.25) is 5.75 Å². The van der Waals surface area contributed by atoms with Gasteiger partial charge in [0, 0.05) is 12.6 Å². The molecule has 0 aliphatic rings. The summed E-state index contributed by atoms with van der Waals surface area (Å²) >= 11 is 0. The van der Waals surface area contributed by atoms with Gasteiger partial charge in [-0.3, -0.25) is 4.79 Å². The van der Waals surface area contributed by atoms with E-state index in [1.807, 2.05) is 24.3 Å². The van der Waals surface area contributed by atoms with Crippen LogP contribution in [-0.2, 0) is 7.05 Å². The van der Waals surface area contributed by atoms with Gasteiger partial charge in [-0.05, 0) is 24.3 Å². The highest BCUT2D eigenvalue weighted by molar-refractivity contribution is 6.03. The number of rotatable bonds is 6. The second kappa shape index (κ2) is 7.38. The number of Topliss-reactive ketones (excluding diaryl/α,β-unsaturated/α-hetero) is 1. The summed E-state index contributed by atoms with van der Waals surface area (Å²) in [6, 6.07) is 12.6. The number of hydrogen-bond acceptors (Lipinski definition) is 6. The Kier molecular flexibility index (Phi) is 4.99. The molecule has 0 bridgehead atoms. The molecule has 0 saturated heterocycles. The molecule has 27 heavy (non-hydrogen) atoms. The van der Waals surface area contributed by atoms with Crippen molar-refractivity contribution in [3.05, 3.63) is 47.8 Å². The number of nitriles is 1. The molecule has 3 aromatic rings. The lowest BCUT2D eigenvalue weighted by Gasteiger charge is -2.15. The van der Waals surface area contributed by atoms with Crippen LogP contribution in [-0.4, -0.2) is 36.7 Å². The molecular weight excluding hydrogens is 346 g/mol. The molecule has 2 aromatic carbocycles. The molecule has 0 aliphatic carbocycles. The minimum atomic E-state index is -1.06. The van der Waals surface area contributed by atoms with E-state index in [1.165, 1.54) is 33.5 Å². The van der Waals surface area contributed by atoms with Crippen LogP contribution in [0.25, 0.3) is 11.0 Å². The van der Waals surface area contributed by atoms with Crippen LogP contribution in [0, 0.1) is 11.3 Å². The van der Waals surface area contributed by atoms with E-state index in [9.17, 15) is 10.1 Å². The van der Waals surface area contributed by atoms with Crippen molar-refractivity contribution in [2.45, 2.75) is 5.92 Å². The van der Waals surface area contributed by atoms with Crippen LogP contribution < -0.4 is 14.2 Å². The number of ketones is 1. The summed E-state index contributed by atoms with van der Waals surface area (Å²) in [6.45, 7) is 0. The molecule has 1 aromatic heterocycles. The number of imidazole rings is 1. The normalized spacial score (nSPS) is 11.7. The van der Waals surface area contributed by atoms with Crippen molar-refractivity contribution >= 4 is 16.8 Å². The van der Waals surface area contributed by atoms with Gasteiger partial charge in [-0.25, -0.2) is 4.98 Å². The molecular formula is C20H19N3O4. The van der Waals surface area contributed by atoms with Crippen LogP contribution in [0.2, 0.25) is 0 Å². The van der Waals surface area contributed by atoms with E-state index in [-0.39, 0.29) is 5.56 Å². The molecule has 1 heterocycles. The fourth-order valence-corrected chi connectivity index (χ4v) is 3.05. The third kappa shape index (κ3) is 3.06. The molecule has 0 fully saturated rings. The SMILES string of the molecule is COc1cc(C(=O)[C@H](C#N)c2nc3ccccc3n2C)cc(OC)c1OC. The average Bonchev–Trinajstić information content (AvgIpc) is 3.03. The number of carbonyl (C=O) groups excluding carboxylic acids is 1. The molecule has 0 N–H and O–H groups in total. The van der Waals surface area contributed by atoms with Gasteiger partial charge in [0.15, 0.2) is 23.2 Å². The van der Waals surface area contributed by atoms with Crippen molar-refractivity contribution in [1.29, 1.82) is 5.26 Å². The van der Waals surface area contributed by atoms with Gasteiger partial charge < -0.3 is 18.8 Å². The van der Waals surface area contributed by atoms with Crippen LogP contribution in [0.15, 0.2) is 36.4 Å². The maximum atomic E-state index is 13.1. The first-order valence-electron chi connectivity index (χ1n) is 8.20. The van der Waals surface area contributed by atoms with Crippen molar-refractivity contribution in [2.24, 2.45) is 7.05 Å². The second-order valence-electron chi connectivity index (χ2n) is 5.86. The fraction of sp³-hybridized carbons (Fsp3) is 0.250. The topological polar surface area (TPSA) is 86.4 Å². The predicted octanol–water partition coefficient (Wildman–Crippen LogP) is 3.09. The monoisotopic (exact) mass is 365 g/mol. The zero-order valence-electron chi connectivity index (χ0n) is 15.5. The van der Waals surface area contributed by atoms with Gasteiger partial charge in [-0.2, -0.15) is 5.26 Å². The van der Waals surface area contributed by atoms with Crippen LogP contribution >= 0.6 is 0 Å². The zero-order chi connectivity index (χ0) is 19.6. The predicted molar refractivity (Wildman–Crippen MR) is 99.5 cm³/mol. The van der Waals surface area contributed by atoms with Gasteiger partial charge in [0.1, 0.15) is 5.82 Å². The molecule has 0 aliphatic heterocycles. The molecule has 7 heteroatoms. The van der Waals surface area contributed by atoms with Gasteiger partial charge >= 0.3 is 0 Å². The Morgan fingerprint density at radius 2 is 1.74 bits per heavy atom. The fourth-order valence-electron chi connectivity index (χ4n) is 3.05. The molecule has 3 rings (SSSR count). The van der Waals surface area contributed by atoms with Gasteiger partial charge in [0.05, 0.1) is 38.4 Å². The summed E-state index contributed by atoms with van der Waals surface area (Å²) in [5, 5.41) is 9.70. The lowest BCUT2D eigenvalue weighted by atomic mass is 9.97. The van der Waals surface area contributed by atoms with Crippen LogP contribution in [0.1, 0.15) is 22.1 Å². The molecule has 7 nitrogen and oxygen atoms in total. The number of aryl methyl sites for hydroxylation is 1. The lowest BCUT2D eigenvalue weighted by Crippen LogP contribution is -2.16. The smallest absolute Gasteiger partial charge is 0.203 e.